The van der Waals surface area contributed by atoms with E-state index in [9.17, 15) is 4.79 Å². The molecule has 2 aromatic rings. The highest BCUT2D eigenvalue weighted by atomic mass is 32.2. The normalized spacial score (nSPS) is 20.3. The van der Waals surface area contributed by atoms with Gasteiger partial charge in [0.05, 0.1) is 6.26 Å². The van der Waals surface area contributed by atoms with Crippen molar-refractivity contribution in [3.63, 3.8) is 0 Å². The Hall–Kier alpha value is -1.65. The van der Waals surface area contributed by atoms with Crippen LogP contribution in [0.2, 0.25) is 0 Å². The number of allylic oxidation sites excluding steroid dienone is 1. The molecule has 0 spiro atoms. The van der Waals surface area contributed by atoms with Crippen molar-refractivity contribution < 1.29 is 9.53 Å². The van der Waals surface area contributed by atoms with Gasteiger partial charge >= 0.3 is 0 Å². The predicted molar refractivity (Wildman–Crippen MR) is 93.9 cm³/mol. The Morgan fingerprint density at radius 2 is 1.73 bits per heavy atom. The molecule has 2 nitrogen and oxygen atoms in total. The lowest BCUT2D eigenvalue weighted by atomic mass is 10.1. The first kappa shape index (κ1) is 15.3. The molecule has 0 aromatic heterocycles. The molecule has 0 bridgehead atoms. The van der Waals surface area contributed by atoms with Gasteiger partial charge in [-0.05, 0) is 11.8 Å². The Balaban J connectivity index is 1.76. The van der Waals surface area contributed by atoms with Crippen LogP contribution < -0.4 is 0 Å². The van der Waals surface area contributed by atoms with Gasteiger partial charge in [0.2, 0.25) is 5.78 Å². The third kappa shape index (κ3) is 3.08. The fourth-order valence-electron chi connectivity index (χ4n) is 2.29. The van der Waals surface area contributed by atoms with Crippen LogP contribution in [0.15, 0.2) is 71.8 Å². The van der Waals surface area contributed by atoms with Crippen LogP contribution in [0.1, 0.15) is 15.9 Å². The summed E-state index contributed by atoms with van der Waals surface area (Å²) < 4.78 is 4.91. The average molecular weight is 328 g/mol. The van der Waals surface area contributed by atoms with Gasteiger partial charge in [0.1, 0.15) is 0 Å². The van der Waals surface area contributed by atoms with E-state index in [4.69, 9.17) is 4.74 Å². The molecule has 0 fully saturated rings. The topological polar surface area (TPSA) is 26.3 Å². The van der Waals surface area contributed by atoms with Crippen LogP contribution in [0, 0.1) is 0 Å². The summed E-state index contributed by atoms with van der Waals surface area (Å²) in [4.78, 5) is 13.9. The smallest absolute Gasteiger partial charge is 0.267 e. The second-order valence-electron chi connectivity index (χ2n) is 4.92. The van der Waals surface area contributed by atoms with E-state index in [1.165, 1.54) is 29.1 Å². The molecule has 1 atom stereocenters. The Morgan fingerprint density at radius 1 is 1.09 bits per heavy atom. The number of carbonyl (C=O) groups excluding carboxylic acids is 1. The maximum Gasteiger partial charge on any atom is 0.267 e. The van der Waals surface area contributed by atoms with Crippen molar-refractivity contribution in [1.82, 2.24) is 0 Å². The first-order chi connectivity index (χ1) is 10.7. The van der Waals surface area contributed by atoms with Gasteiger partial charge < -0.3 is 4.74 Å². The Bertz CT molecular complexity index is 683. The summed E-state index contributed by atoms with van der Waals surface area (Å²) in [6.45, 7) is 0. The van der Waals surface area contributed by atoms with Crippen molar-refractivity contribution in [2.45, 2.75) is 10.7 Å². The first-order valence-corrected chi connectivity index (χ1v) is 9.02. The van der Waals surface area contributed by atoms with Crippen molar-refractivity contribution >= 4 is 29.3 Å². The molecule has 0 amide bonds. The number of ether oxygens (including phenoxy) is 1. The number of benzene rings is 2. The average Bonchev–Trinajstić information content (AvgIpc) is 3.00. The number of thioether (sulfide) groups is 2. The quantitative estimate of drug-likeness (QED) is 0.741. The number of carbonyl (C=O) groups is 1. The van der Waals surface area contributed by atoms with Crippen LogP contribution in [0.4, 0.5) is 0 Å². The zero-order chi connectivity index (χ0) is 15.4. The van der Waals surface area contributed by atoms with Crippen molar-refractivity contribution in [1.29, 1.82) is 0 Å². The van der Waals surface area contributed by atoms with E-state index in [1.54, 1.807) is 6.26 Å². The number of rotatable bonds is 5. The maximum atomic E-state index is 12.8. The molecule has 0 radical (unpaired) electrons. The van der Waals surface area contributed by atoms with E-state index >= 15 is 0 Å². The first-order valence-electron chi connectivity index (χ1n) is 6.98. The molecule has 22 heavy (non-hydrogen) atoms. The Morgan fingerprint density at radius 3 is 2.36 bits per heavy atom. The lowest BCUT2D eigenvalue weighted by Gasteiger charge is -2.24. The largest absolute Gasteiger partial charge is 0.466 e. The number of hydrogen-bond donors (Lipinski definition) is 0. The van der Waals surface area contributed by atoms with Crippen molar-refractivity contribution in [3.05, 3.63) is 83.0 Å². The van der Waals surface area contributed by atoms with E-state index < -0.39 is 4.27 Å². The van der Waals surface area contributed by atoms with Gasteiger partial charge in [0.15, 0.2) is 0 Å². The molecule has 4 heteroatoms. The van der Waals surface area contributed by atoms with E-state index in [0.29, 0.717) is 5.56 Å². The van der Waals surface area contributed by atoms with E-state index in [0.717, 1.165) is 11.3 Å². The van der Waals surface area contributed by atoms with Crippen molar-refractivity contribution in [2.24, 2.45) is 0 Å². The van der Waals surface area contributed by atoms with Crippen LogP contribution >= 0.6 is 23.5 Å². The number of hydrogen-bond acceptors (Lipinski definition) is 4. The molecule has 1 heterocycles. The summed E-state index contributed by atoms with van der Waals surface area (Å²) in [6.07, 6.45) is 4.43. The zero-order valence-corrected chi connectivity index (χ0v) is 13.8. The molecular weight excluding hydrogens is 312 g/mol. The minimum Gasteiger partial charge on any atom is -0.466 e. The second-order valence-corrected chi connectivity index (χ2v) is 7.47. The van der Waals surface area contributed by atoms with Gasteiger partial charge in [-0.1, -0.05) is 84.2 Å². The van der Waals surface area contributed by atoms with E-state index in [-0.39, 0.29) is 5.78 Å². The summed E-state index contributed by atoms with van der Waals surface area (Å²) in [5, 5.41) is 0. The fraction of sp³-hybridized carbons (Fsp3) is 0.167. The van der Waals surface area contributed by atoms with Gasteiger partial charge in [-0.25, -0.2) is 0 Å². The number of ketones is 1. The molecule has 1 unspecified atom stereocenters. The highest BCUT2D eigenvalue weighted by molar-refractivity contribution is 8.20. The SMILES string of the molecule is CSC1(C(=O)c2ccccc2)OC=C(Cc2ccccc2)S1. The number of Topliss-reactive ketones (excluding diaryl/α,β-unsaturated/α-hetero) is 1. The van der Waals surface area contributed by atoms with E-state index in [2.05, 4.69) is 12.1 Å². The van der Waals surface area contributed by atoms with Gasteiger partial charge in [-0.3, -0.25) is 4.79 Å². The summed E-state index contributed by atoms with van der Waals surface area (Å²) in [7, 11) is 0. The van der Waals surface area contributed by atoms with Gasteiger partial charge in [0.25, 0.3) is 4.27 Å². The summed E-state index contributed by atoms with van der Waals surface area (Å²) >= 11 is 2.94. The summed E-state index contributed by atoms with van der Waals surface area (Å²) in [6, 6.07) is 19.5. The van der Waals surface area contributed by atoms with Gasteiger partial charge in [-0.2, -0.15) is 0 Å². The highest BCUT2D eigenvalue weighted by Crippen LogP contribution is 2.49. The van der Waals surface area contributed by atoms with Crippen LogP contribution in [0.3, 0.4) is 0 Å². The van der Waals surface area contributed by atoms with Crippen LogP contribution in [-0.4, -0.2) is 16.3 Å². The minimum atomic E-state index is -0.897. The van der Waals surface area contributed by atoms with Gasteiger partial charge in [-0.15, -0.1) is 0 Å². The Labute approximate surface area is 139 Å². The molecular formula is C18H16O2S2. The van der Waals surface area contributed by atoms with Crippen molar-refractivity contribution in [3.8, 4) is 0 Å². The molecule has 1 aliphatic rings. The maximum absolute atomic E-state index is 12.8. The third-order valence-corrected chi connectivity index (χ3v) is 6.04. The molecule has 1 aliphatic heterocycles. The lowest BCUT2D eigenvalue weighted by Crippen LogP contribution is -2.30. The summed E-state index contributed by atoms with van der Waals surface area (Å²) in [5.74, 6) is 0.00455. The molecule has 3 rings (SSSR count). The molecule has 0 saturated carbocycles. The molecule has 0 saturated heterocycles. The molecule has 0 N–H and O–H groups in total. The molecule has 2 aromatic carbocycles. The zero-order valence-electron chi connectivity index (χ0n) is 12.2. The third-order valence-electron chi connectivity index (χ3n) is 3.41. The second kappa shape index (κ2) is 6.63. The molecule has 112 valence electrons. The van der Waals surface area contributed by atoms with E-state index in [1.807, 2.05) is 54.8 Å². The van der Waals surface area contributed by atoms with Crippen LogP contribution in [-0.2, 0) is 11.2 Å². The van der Waals surface area contributed by atoms with Crippen LogP contribution in [0.25, 0.3) is 0 Å². The standard InChI is InChI=1S/C18H16O2S2/c1-21-18(17(19)15-10-6-3-7-11-15)20-13-16(22-18)12-14-8-4-2-5-9-14/h2-11,13H,12H2,1H3. The monoisotopic (exact) mass is 328 g/mol. The molecule has 0 aliphatic carbocycles. The predicted octanol–water partition coefficient (Wildman–Crippen LogP) is 4.73. The van der Waals surface area contributed by atoms with Crippen LogP contribution in [0.5, 0.6) is 0 Å². The lowest BCUT2D eigenvalue weighted by molar-refractivity contribution is 0.0810. The minimum absolute atomic E-state index is 0.00455. The highest BCUT2D eigenvalue weighted by Gasteiger charge is 2.45. The van der Waals surface area contributed by atoms with Crippen molar-refractivity contribution in [2.75, 3.05) is 6.26 Å². The fourth-order valence-corrected chi connectivity index (χ4v) is 4.38. The summed E-state index contributed by atoms with van der Waals surface area (Å²) in [5.41, 5.74) is 1.90. The Kier molecular flexibility index (Phi) is 4.60. The van der Waals surface area contributed by atoms with Gasteiger partial charge in [0, 0.05) is 16.9 Å².